The summed E-state index contributed by atoms with van der Waals surface area (Å²) in [5, 5.41) is 8.93. The zero-order valence-electron chi connectivity index (χ0n) is 15.4. The maximum atomic E-state index is 11.4. The molecule has 0 unspecified atom stereocenters. The van der Waals surface area contributed by atoms with Crippen molar-refractivity contribution in [3.05, 3.63) is 53.6 Å². The maximum Gasteiger partial charge on any atom is 0.305 e. The Morgan fingerprint density at radius 1 is 1.19 bits per heavy atom. The van der Waals surface area contributed by atoms with Crippen LogP contribution in [0.25, 0.3) is 11.1 Å². The fourth-order valence-corrected chi connectivity index (χ4v) is 3.61. The van der Waals surface area contributed by atoms with Crippen LogP contribution in [0, 0.1) is 24.2 Å². The van der Waals surface area contributed by atoms with E-state index in [1.165, 1.54) is 23.9 Å². The van der Waals surface area contributed by atoms with Crippen LogP contribution < -0.4 is 4.90 Å². The predicted octanol–water partition coefficient (Wildman–Crippen LogP) is 4.31. The average Bonchev–Trinajstić information content (AvgIpc) is 2.68. The summed E-state index contributed by atoms with van der Waals surface area (Å²) in [6.45, 7) is 4.07. The van der Waals surface area contributed by atoms with Crippen LogP contribution in [0.5, 0.6) is 0 Å². The summed E-state index contributed by atoms with van der Waals surface area (Å²) in [6, 6.07) is 16.4. The second-order valence-electron chi connectivity index (χ2n) is 6.90. The number of esters is 1. The highest BCUT2D eigenvalue weighted by Crippen LogP contribution is 2.30. The summed E-state index contributed by atoms with van der Waals surface area (Å²) in [5.74, 6) is 0.323. The van der Waals surface area contributed by atoms with Crippen molar-refractivity contribution in [2.75, 3.05) is 25.1 Å². The number of hydrogen-bond donors (Lipinski definition) is 0. The minimum absolute atomic E-state index is 0.105. The number of rotatable bonds is 4. The van der Waals surface area contributed by atoms with Gasteiger partial charge in [0.2, 0.25) is 0 Å². The Morgan fingerprint density at radius 2 is 1.88 bits per heavy atom. The van der Waals surface area contributed by atoms with Crippen molar-refractivity contribution < 1.29 is 9.53 Å². The van der Waals surface area contributed by atoms with Gasteiger partial charge in [-0.3, -0.25) is 4.79 Å². The SMILES string of the molecule is COC(=O)CC1CCN(c2ccc(-c3ccc(C#N)cc3)c(C)c2)CC1. The van der Waals surface area contributed by atoms with Crippen molar-refractivity contribution >= 4 is 11.7 Å². The molecule has 1 fully saturated rings. The highest BCUT2D eigenvalue weighted by molar-refractivity contribution is 5.71. The third kappa shape index (κ3) is 4.05. The van der Waals surface area contributed by atoms with Gasteiger partial charge < -0.3 is 9.64 Å². The number of methoxy groups -OCH3 is 1. The number of carbonyl (C=O) groups is 1. The fraction of sp³-hybridized carbons (Fsp3) is 0.364. The number of aryl methyl sites for hydroxylation is 1. The lowest BCUT2D eigenvalue weighted by Gasteiger charge is -2.33. The Balaban J connectivity index is 1.68. The van der Waals surface area contributed by atoms with E-state index in [-0.39, 0.29) is 5.97 Å². The normalized spacial score (nSPS) is 14.7. The van der Waals surface area contributed by atoms with Crippen LogP contribution in [0.3, 0.4) is 0 Å². The summed E-state index contributed by atoms with van der Waals surface area (Å²) in [6.07, 6.45) is 2.57. The first-order chi connectivity index (χ1) is 12.6. The van der Waals surface area contributed by atoms with Gasteiger partial charge in [-0.05, 0) is 66.6 Å². The third-order valence-corrected chi connectivity index (χ3v) is 5.20. The molecule has 0 aliphatic carbocycles. The molecule has 1 heterocycles. The van der Waals surface area contributed by atoms with E-state index < -0.39 is 0 Å². The first-order valence-electron chi connectivity index (χ1n) is 9.03. The summed E-state index contributed by atoms with van der Waals surface area (Å²) >= 11 is 0. The molecule has 0 bridgehead atoms. The summed E-state index contributed by atoms with van der Waals surface area (Å²) in [4.78, 5) is 13.8. The number of piperidine rings is 1. The second kappa shape index (κ2) is 8.05. The molecule has 0 saturated carbocycles. The molecule has 0 aromatic heterocycles. The van der Waals surface area contributed by atoms with E-state index in [0.717, 1.165) is 31.5 Å². The van der Waals surface area contributed by atoms with E-state index in [1.807, 2.05) is 24.3 Å². The number of hydrogen-bond acceptors (Lipinski definition) is 4. The van der Waals surface area contributed by atoms with E-state index in [9.17, 15) is 4.79 Å². The van der Waals surface area contributed by atoms with E-state index in [4.69, 9.17) is 10.00 Å². The standard InChI is InChI=1S/C22H24N2O2/c1-16-13-20(24-11-9-17(10-12-24)14-22(25)26-2)7-8-21(16)19-5-3-18(15-23)4-6-19/h3-8,13,17H,9-12,14H2,1-2H3. The van der Waals surface area contributed by atoms with E-state index >= 15 is 0 Å². The number of carbonyl (C=O) groups excluding carboxylic acids is 1. The van der Waals surface area contributed by atoms with Crippen molar-refractivity contribution in [1.29, 1.82) is 5.26 Å². The molecule has 134 valence electrons. The van der Waals surface area contributed by atoms with Crippen molar-refractivity contribution in [2.24, 2.45) is 5.92 Å². The zero-order valence-corrected chi connectivity index (χ0v) is 15.4. The molecule has 26 heavy (non-hydrogen) atoms. The Morgan fingerprint density at radius 3 is 2.46 bits per heavy atom. The smallest absolute Gasteiger partial charge is 0.305 e. The molecular formula is C22H24N2O2. The van der Waals surface area contributed by atoms with Crippen LogP contribution in [0.4, 0.5) is 5.69 Å². The molecule has 0 N–H and O–H groups in total. The molecule has 0 amide bonds. The van der Waals surface area contributed by atoms with Gasteiger partial charge in [-0.25, -0.2) is 0 Å². The number of ether oxygens (including phenoxy) is 1. The molecule has 1 aliphatic heterocycles. The molecule has 4 heteroatoms. The summed E-state index contributed by atoms with van der Waals surface area (Å²) in [5.41, 5.74) is 5.46. The highest BCUT2D eigenvalue weighted by Gasteiger charge is 2.22. The maximum absolute atomic E-state index is 11.4. The molecule has 3 rings (SSSR count). The molecule has 1 aliphatic rings. The molecule has 0 radical (unpaired) electrons. The molecule has 2 aromatic carbocycles. The summed E-state index contributed by atoms with van der Waals surface area (Å²) < 4.78 is 4.78. The van der Waals surface area contributed by atoms with Crippen LogP contribution in [-0.2, 0) is 9.53 Å². The van der Waals surface area contributed by atoms with Crippen molar-refractivity contribution in [1.82, 2.24) is 0 Å². The zero-order chi connectivity index (χ0) is 18.5. The van der Waals surface area contributed by atoms with Gasteiger partial charge in [-0.15, -0.1) is 0 Å². The monoisotopic (exact) mass is 348 g/mol. The minimum atomic E-state index is -0.105. The van der Waals surface area contributed by atoms with Crippen LogP contribution in [0.2, 0.25) is 0 Å². The van der Waals surface area contributed by atoms with E-state index in [0.29, 0.717) is 17.9 Å². The van der Waals surface area contributed by atoms with Crippen LogP contribution in [0.1, 0.15) is 30.4 Å². The second-order valence-corrected chi connectivity index (χ2v) is 6.90. The highest BCUT2D eigenvalue weighted by atomic mass is 16.5. The Kier molecular flexibility index (Phi) is 5.58. The third-order valence-electron chi connectivity index (χ3n) is 5.20. The quantitative estimate of drug-likeness (QED) is 0.773. The number of nitriles is 1. The number of anilines is 1. The summed E-state index contributed by atoms with van der Waals surface area (Å²) in [7, 11) is 1.45. The van der Waals surface area contributed by atoms with E-state index in [1.54, 1.807) is 0 Å². The van der Waals surface area contributed by atoms with Gasteiger partial charge >= 0.3 is 5.97 Å². The van der Waals surface area contributed by atoms with Crippen LogP contribution >= 0.6 is 0 Å². The Hall–Kier alpha value is -2.80. The van der Waals surface area contributed by atoms with Gasteiger partial charge in [0.1, 0.15) is 0 Å². The molecule has 4 nitrogen and oxygen atoms in total. The van der Waals surface area contributed by atoms with Gasteiger partial charge in [0.15, 0.2) is 0 Å². The van der Waals surface area contributed by atoms with Gasteiger partial charge in [0.25, 0.3) is 0 Å². The molecule has 2 aromatic rings. The van der Waals surface area contributed by atoms with Crippen LogP contribution in [0.15, 0.2) is 42.5 Å². The lowest BCUT2D eigenvalue weighted by molar-refractivity contribution is -0.141. The first-order valence-corrected chi connectivity index (χ1v) is 9.03. The van der Waals surface area contributed by atoms with Gasteiger partial charge in [-0.2, -0.15) is 5.26 Å². The van der Waals surface area contributed by atoms with Crippen molar-refractivity contribution in [3.8, 4) is 17.2 Å². The fourth-order valence-electron chi connectivity index (χ4n) is 3.61. The number of nitrogens with zero attached hydrogens (tertiary/aromatic N) is 2. The largest absolute Gasteiger partial charge is 0.469 e. The lowest BCUT2D eigenvalue weighted by Crippen LogP contribution is -2.34. The van der Waals surface area contributed by atoms with Crippen LogP contribution in [-0.4, -0.2) is 26.2 Å². The van der Waals surface area contributed by atoms with Crippen molar-refractivity contribution in [3.63, 3.8) is 0 Å². The average molecular weight is 348 g/mol. The van der Waals surface area contributed by atoms with Gasteiger partial charge in [0, 0.05) is 25.2 Å². The Labute approximate surface area is 155 Å². The molecule has 0 spiro atoms. The first kappa shape index (κ1) is 18.0. The van der Waals surface area contributed by atoms with E-state index in [2.05, 4.69) is 36.1 Å². The lowest BCUT2D eigenvalue weighted by atomic mass is 9.92. The predicted molar refractivity (Wildman–Crippen MR) is 103 cm³/mol. The minimum Gasteiger partial charge on any atom is -0.469 e. The molecular weight excluding hydrogens is 324 g/mol. The molecule has 1 saturated heterocycles. The number of benzene rings is 2. The molecule has 0 atom stereocenters. The Bertz CT molecular complexity index is 813. The topological polar surface area (TPSA) is 53.3 Å². The van der Waals surface area contributed by atoms with Gasteiger partial charge in [-0.1, -0.05) is 18.2 Å². The van der Waals surface area contributed by atoms with Gasteiger partial charge in [0.05, 0.1) is 18.7 Å². The van der Waals surface area contributed by atoms with Crippen molar-refractivity contribution in [2.45, 2.75) is 26.2 Å².